The number of hydrogen-bond acceptors (Lipinski definition) is 8. The van der Waals surface area contributed by atoms with E-state index in [0.29, 0.717) is 6.61 Å². The Bertz CT molecular complexity index is 994. The number of aromatic amines is 1. The minimum absolute atomic E-state index is 0.647. The lowest BCUT2D eigenvalue weighted by Gasteiger charge is -2.31. The van der Waals surface area contributed by atoms with Gasteiger partial charge in [-0.3, -0.25) is 10.8 Å². The van der Waals surface area contributed by atoms with E-state index in [1.165, 1.54) is 11.3 Å². The largest absolute Gasteiger partial charge is 0.383 e. The number of H-pyrrole nitrogens is 1. The number of likely N-dealkylation sites (N-methyl/N-ethyl adjacent to an activating group) is 1. The van der Waals surface area contributed by atoms with Gasteiger partial charge >= 0.3 is 0 Å². The number of aromatic nitrogens is 4. The number of methoxy groups -OCH3 is 1. The summed E-state index contributed by atoms with van der Waals surface area (Å²) >= 11 is 1.48. The van der Waals surface area contributed by atoms with Crippen molar-refractivity contribution in [3.8, 4) is 11.3 Å². The number of nitrogens with zero attached hydrogens (tertiary/aromatic N) is 4. The van der Waals surface area contributed by atoms with E-state index >= 15 is 0 Å². The normalized spacial score (nSPS) is 19.1. The molecule has 4 heterocycles. The molecule has 1 atom stereocenters. The Balaban J connectivity index is 1.66. The first kappa shape index (κ1) is 17.7. The topological polar surface area (TPSA) is 105 Å². The Hall–Kier alpha value is -2.75. The van der Waals surface area contributed by atoms with Crippen LogP contribution < -0.4 is 11.1 Å². The standard InChI is InChI=1S/C18H21N7OS/c1-25(7-8-26-2)13-5-6-20-18(19,9-13)17-24-15-4-3-14(23-16(15)27-17)12-10-21-22-11-12/h3-6,9-11,20H,7-8,19H2,1-2H3,(H,21,22). The summed E-state index contributed by atoms with van der Waals surface area (Å²) in [5.41, 5.74) is 9.39. The van der Waals surface area contributed by atoms with Crippen LogP contribution in [0.25, 0.3) is 21.6 Å². The van der Waals surface area contributed by atoms with Crippen LogP contribution in [0.4, 0.5) is 0 Å². The molecule has 0 bridgehead atoms. The van der Waals surface area contributed by atoms with Crippen molar-refractivity contribution in [1.29, 1.82) is 0 Å². The molecule has 0 fully saturated rings. The average Bonchev–Trinajstić information content (AvgIpc) is 3.35. The Morgan fingerprint density at radius 2 is 2.22 bits per heavy atom. The van der Waals surface area contributed by atoms with Gasteiger partial charge in [0.25, 0.3) is 0 Å². The number of nitrogens with one attached hydrogen (secondary N) is 2. The molecule has 27 heavy (non-hydrogen) atoms. The summed E-state index contributed by atoms with van der Waals surface area (Å²) < 4.78 is 5.16. The summed E-state index contributed by atoms with van der Waals surface area (Å²) in [5.74, 6) is 0. The molecule has 4 N–H and O–H groups in total. The van der Waals surface area contributed by atoms with Crippen molar-refractivity contribution < 1.29 is 4.74 Å². The SMILES string of the molecule is COCCN(C)C1=CC(N)(c2nc3ccc(-c4cn[nH]c4)nc3s2)NC=C1. The highest BCUT2D eigenvalue weighted by Crippen LogP contribution is 2.31. The summed E-state index contributed by atoms with van der Waals surface area (Å²) in [6.07, 6.45) is 9.40. The third-order valence-corrected chi connectivity index (χ3v) is 5.54. The molecule has 1 aliphatic heterocycles. The fraction of sp³-hybridized carbons (Fsp3) is 0.278. The summed E-state index contributed by atoms with van der Waals surface area (Å²) in [6, 6.07) is 3.90. The molecule has 0 spiro atoms. The van der Waals surface area contributed by atoms with E-state index in [1.54, 1.807) is 13.3 Å². The molecule has 0 aliphatic carbocycles. The van der Waals surface area contributed by atoms with Crippen LogP contribution in [-0.2, 0) is 10.4 Å². The van der Waals surface area contributed by atoms with Crippen LogP contribution in [0.2, 0.25) is 0 Å². The first-order valence-corrected chi connectivity index (χ1v) is 9.34. The number of pyridine rings is 1. The lowest BCUT2D eigenvalue weighted by molar-refractivity contribution is 0.174. The molecular weight excluding hydrogens is 362 g/mol. The molecule has 0 saturated heterocycles. The molecular formula is C18H21N7OS. The summed E-state index contributed by atoms with van der Waals surface area (Å²) in [6.45, 7) is 1.42. The summed E-state index contributed by atoms with van der Waals surface area (Å²) in [7, 11) is 3.71. The van der Waals surface area contributed by atoms with E-state index in [9.17, 15) is 0 Å². The smallest absolute Gasteiger partial charge is 0.161 e. The second kappa shape index (κ2) is 7.10. The van der Waals surface area contributed by atoms with E-state index in [1.807, 2.05) is 43.7 Å². The lowest BCUT2D eigenvalue weighted by atomic mass is 10.1. The number of dihydropyridines is 1. The van der Waals surface area contributed by atoms with Crippen LogP contribution in [0.3, 0.4) is 0 Å². The van der Waals surface area contributed by atoms with Crippen molar-refractivity contribution in [2.75, 3.05) is 27.3 Å². The third-order valence-electron chi connectivity index (χ3n) is 4.43. The predicted octanol–water partition coefficient (Wildman–Crippen LogP) is 1.77. The molecule has 0 amide bonds. The molecule has 4 rings (SSSR count). The Morgan fingerprint density at radius 1 is 1.33 bits per heavy atom. The summed E-state index contributed by atoms with van der Waals surface area (Å²) in [5, 5.41) is 10.8. The fourth-order valence-electron chi connectivity index (χ4n) is 2.85. The van der Waals surface area contributed by atoms with Gasteiger partial charge in [0.05, 0.1) is 18.5 Å². The zero-order valence-corrected chi connectivity index (χ0v) is 16.0. The maximum absolute atomic E-state index is 6.64. The Morgan fingerprint density at radius 3 is 3.00 bits per heavy atom. The number of hydrogen-bond donors (Lipinski definition) is 3. The van der Waals surface area contributed by atoms with Gasteiger partial charge in [-0.25, -0.2) is 9.97 Å². The Labute approximate surface area is 160 Å². The number of allylic oxidation sites excluding steroid dienone is 1. The monoisotopic (exact) mass is 383 g/mol. The second-order valence-electron chi connectivity index (χ2n) is 6.36. The van der Waals surface area contributed by atoms with E-state index in [2.05, 4.69) is 20.4 Å². The quantitative estimate of drug-likeness (QED) is 0.596. The highest BCUT2D eigenvalue weighted by atomic mass is 32.1. The van der Waals surface area contributed by atoms with Crippen LogP contribution in [-0.4, -0.2) is 52.4 Å². The van der Waals surface area contributed by atoms with Gasteiger partial charge in [-0.05, 0) is 24.3 Å². The Kier molecular flexibility index (Phi) is 4.65. The third kappa shape index (κ3) is 3.44. The van der Waals surface area contributed by atoms with Crippen LogP contribution in [0.5, 0.6) is 0 Å². The molecule has 0 radical (unpaired) electrons. The van der Waals surface area contributed by atoms with Gasteiger partial charge in [0, 0.05) is 44.4 Å². The molecule has 1 unspecified atom stereocenters. The highest BCUT2D eigenvalue weighted by molar-refractivity contribution is 7.18. The van der Waals surface area contributed by atoms with Gasteiger partial charge in [0.2, 0.25) is 0 Å². The predicted molar refractivity (Wildman–Crippen MR) is 106 cm³/mol. The van der Waals surface area contributed by atoms with Crippen molar-refractivity contribution in [1.82, 2.24) is 30.4 Å². The summed E-state index contributed by atoms with van der Waals surface area (Å²) in [4.78, 5) is 12.4. The molecule has 1 aliphatic rings. The van der Waals surface area contributed by atoms with Crippen LogP contribution >= 0.6 is 11.3 Å². The van der Waals surface area contributed by atoms with Crippen molar-refractivity contribution in [2.45, 2.75) is 5.66 Å². The zero-order chi connectivity index (χ0) is 18.9. The molecule has 3 aromatic heterocycles. The number of ether oxygens (including phenoxy) is 1. The average molecular weight is 383 g/mol. The van der Waals surface area contributed by atoms with E-state index < -0.39 is 5.66 Å². The van der Waals surface area contributed by atoms with Gasteiger partial charge in [-0.2, -0.15) is 5.10 Å². The first-order valence-electron chi connectivity index (χ1n) is 8.52. The molecule has 9 heteroatoms. The second-order valence-corrected chi connectivity index (χ2v) is 7.33. The minimum atomic E-state index is -0.882. The van der Waals surface area contributed by atoms with E-state index in [0.717, 1.165) is 38.9 Å². The van der Waals surface area contributed by atoms with Crippen LogP contribution in [0.1, 0.15) is 5.01 Å². The van der Waals surface area contributed by atoms with Crippen molar-refractivity contribution in [3.63, 3.8) is 0 Å². The molecule has 8 nitrogen and oxygen atoms in total. The van der Waals surface area contributed by atoms with Crippen molar-refractivity contribution >= 4 is 21.7 Å². The number of thiazole rings is 1. The van der Waals surface area contributed by atoms with Crippen LogP contribution in [0, 0.1) is 0 Å². The zero-order valence-electron chi connectivity index (χ0n) is 15.1. The number of nitrogens with two attached hydrogens (primary N) is 1. The van der Waals surface area contributed by atoms with Gasteiger partial charge in [0.1, 0.15) is 15.4 Å². The van der Waals surface area contributed by atoms with Crippen molar-refractivity contribution in [2.24, 2.45) is 5.73 Å². The van der Waals surface area contributed by atoms with Gasteiger partial charge < -0.3 is 15.0 Å². The van der Waals surface area contributed by atoms with E-state index in [-0.39, 0.29) is 0 Å². The lowest BCUT2D eigenvalue weighted by Crippen LogP contribution is -2.48. The maximum Gasteiger partial charge on any atom is 0.161 e. The van der Waals surface area contributed by atoms with Gasteiger partial charge in [0.15, 0.2) is 5.66 Å². The van der Waals surface area contributed by atoms with Crippen molar-refractivity contribution in [3.05, 3.63) is 53.6 Å². The fourth-order valence-corrected chi connectivity index (χ4v) is 3.83. The van der Waals surface area contributed by atoms with E-state index in [4.69, 9.17) is 20.4 Å². The molecule has 0 aromatic carbocycles. The van der Waals surface area contributed by atoms with Gasteiger partial charge in [-0.15, -0.1) is 0 Å². The molecule has 140 valence electrons. The maximum atomic E-state index is 6.64. The number of fused-ring (bicyclic) bond motifs is 1. The van der Waals surface area contributed by atoms with Crippen LogP contribution in [0.15, 0.2) is 48.6 Å². The van der Waals surface area contributed by atoms with Gasteiger partial charge in [-0.1, -0.05) is 11.3 Å². The molecule has 0 saturated carbocycles. The highest BCUT2D eigenvalue weighted by Gasteiger charge is 2.31. The number of rotatable bonds is 6. The minimum Gasteiger partial charge on any atom is -0.383 e. The first-order chi connectivity index (χ1) is 13.1. The molecule has 3 aromatic rings.